The molecule has 0 saturated carbocycles. The van der Waals surface area contributed by atoms with E-state index in [9.17, 15) is 9.18 Å². The maximum absolute atomic E-state index is 13.7. The summed E-state index contributed by atoms with van der Waals surface area (Å²) in [6.45, 7) is 0.883. The smallest absolute Gasteiger partial charge is 0.224 e. The van der Waals surface area contributed by atoms with E-state index in [0.717, 1.165) is 5.56 Å². The highest BCUT2D eigenvalue weighted by Gasteiger charge is 2.29. The molecule has 3 rings (SSSR count). The number of carbonyl (C=O) groups is 1. The number of hydrogen-bond acceptors (Lipinski definition) is 4. The highest BCUT2D eigenvalue weighted by molar-refractivity contribution is 5.79. The number of rotatable bonds is 6. The number of amides is 1. The fourth-order valence-corrected chi connectivity index (χ4v) is 2.91. The van der Waals surface area contributed by atoms with E-state index in [4.69, 9.17) is 14.6 Å². The van der Waals surface area contributed by atoms with Crippen LogP contribution in [0.1, 0.15) is 17.5 Å². The van der Waals surface area contributed by atoms with E-state index in [0.29, 0.717) is 30.9 Å². The summed E-state index contributed by atoms with van der Waals surface area (Å²) >= 11 is 0. The van der Waals surface area contributed by atoms with Crippen molar-refractivity contribution in [1.82, 2.24) is 5.32 Å². The van der Waals surface area contributed by atoms with Gasteiger partial charge < -0.3 is 19.9 Å². The van der Waals surface area contributed by atoms with E-state index in [1.807, 2.05) is 0 Å². The van der Waals surface area contributed by atoms with Crippen molar-refractivity contribution in [2.75, 3.05) is 13.2 Å². The van der Waals surface area contributed by atoms with Crippen molar-refractivity contribution < 1.29 is 23.8 Å². The van der Waals surface area contributed by atoms with Crippen molar-refractivity contribution in [3.05, 3.63) is 65.5 Å². The number of aliphatic hydroxyl groups is 1. The van der Waals surface area contributed by atoms with Gasteiger partial charge in [-0.2, -0.15) is 0 Å². The second kappa shape index (κ2) is 8.78. The molecule has 0 radical (unpaired) electrons. The average molecular weight is 359 g/mol. The molecule has 2 aromatic rings. The molecule has 0 bridgehead atoms. The molecule has 26 heavy (non-hydrogen) atoms. The maximum atomic E-state index is 13.7. The van der Waals surface area contributed by atoms with Crippen LogP contribution in [0.15, 0.2) is 48.5 Å². The first-order valence-electron chi connectivity index (χ1n) is 8.62. The number of halogens is 1. The standard InChI is InChI=1S/C20H22FNO4/c21-17-4-2-1-3-15(17)11-20(24)22-18-13-25-10-9-19(18)26-16-7-5-14(12-23)6-8-16/h1-8,18-19,23H,9-13H2,(H,22,24)/t18-,19-/m1/s1. The largest absolute Gasteiger partial charge is 0.488 e. The van der Waals surface area contributed by atoms with Gasteiger partial charge in [-0.05, 0) is 29.3 Å². The topological polar surface area (TPSA) is 67.8 Å². The molecular formula is C20H22FNO4. The molecule has 0 aliphatic carbocycles. The summed E-state index contributed by atoms with van der Waals surface area (Å²) in [5.41, 5.74) is 1.16. The van der Waals surface area contributed by atoms with Gasteiger partial charge in [0.15, 0.2) is 0 Å². The summed E-state index contributed by atoms with van der Waals surface area (Å²) in [4.78, 5) is 12.3. The molecule has 1 aliphatic rings. The van der Waals surface area contributed by atoms with Crippen molar-refractivity contribution in [3.63, 3.8) is 0 Å². The predicted octanol–water partition coefficient (Wildman–Crippen LogP) is 2.21. The second-order valence-electron chi connectivity index (χ2n) is 6.26. The first kappa shape index (κ1) is 18.4. The lowest BCUT2D eigenvalue weighted by atomic mass is 10.1. The van der Waals surface area contributed by atoms with Crippen molar-refractivity contribution in [2.45, 2.75) is 31.6 Å². The Morgan fingerprint density at radius 3 is 2.73 bits per heavy atom. The van der Waals surface area contributed by atoms with Crippen LogP contribution in [0.5, 0.6) is 5.75 Å². The van der Waals surface area contributed by atoms with Gasteiger partial charge in [-0.25, -0.2) is 4.39 Å². The summed E-state index contributed by atoms with van der Waals surface area (Å²) in [7, 11) is 0. The van der Waals surface area contributed by atoms with E-state index in [2.05, 4.69) is 5.32 Å². The third-order valence-electron chi connectivity index (χ3n) is 4.34. The third-order valence-corrected chi connectivity index (χ3v) is 4.34. The molecule has 0 unspecified atom stereocenters. The van der Waals surface area contributed by atoms with Gasteiger partial charge in [0.2, 0.25) is 5.91 Å². The quantitative estimate of drug-likeness (QED) is 0.830. The number of hydrogen-bond donors (Lipinski definition) is 2. The Balaban J connectivity index is 1.61. The normalized spacial score (nSPS) is 19.8. The average Bonchev–Trinajstić information content (AvgIpc) is 2.66. The van der Waals surface area contributed by atoms with Gasteiger partial charge in [0, 0.05) is 6.42 Å². The minimum atomic E-state index is -0.390. The van der Waals surface area contributed by atoms with Gasteiger partial charge >= 0.3 is 0 Å². The Labute approximate surface area is 151 Å². The fraction of sp³-hybridized carbons (Fsp3) is 0.350. The zero-order valence-corrected chi connectivity index (χ0v) is 14.4. The monoisotopic (exact) mass is 359 g/mol. The molecule has 1 amide bonds. The molecule has 2 N–H and O–H groups in total. The lowest BCUT2D eigenvalue weighted by Crippen LogP contribution is -2.52. The molecule has 2 aromatic carbocycles. The molecule has 6 heteroatoms. The summed E-state index contributed by atoms with van der Waals surface area (Å²) in [5.74, 6) is 0.0107. The molecule has 138 valence electrons. The Kier molecular flexibility index (Phi) is 6.20. The SMILES string of the molecule is O=C(Cc1ccccc1F)N[C@@H]1COCC[C@H]1Oc1ccc(CO)cc1. The molecule has 0 spiro atoms. The molecule has 1 heterocycles. The Hall–Kier alpha value is -2.44. The summed E-state index contributed by atoms with van der Waals surface area (Å²) in [6.07, 6.45) is 0.390. The van der Waals surface area contributed by atoms with Crippen LogP contribution < -0.4 is 10.1 Å². The lowest BCUT2D eigenvalue weighted by molar-refractivity contribution is -0.123. The van der Waals surface area contributed by atoms with Gasteiger partial charge in [-0.15, -0.1) is 0 Å². The fourth-order valence-electron chi connectivity index (χ4n) is 2.91. The first-order chi connectivity index (χ1) is 12.7. The summed E-state index contributed by atoms with van der Waals surface area (Å²) in [5, 5.41) is 12.0. The van der Waals surface area contributed by atoms with E-state index < -0.39 is 0 Å². The van der Waals surface area contributed by atoms with Gasteiger partial charge in [-0.3, -0.25) is 4.79 Å². The van der Waals surface area contributed by atoms with Crippen LogP contribution in [0.4, 0.5) is 4.39 Å². The van der Waals surface area contributed by atoms with Crippen LogP contribution >= 0.6 is 0 Å². The Morgan fingerprint density at radius 1 is 1.23 bits per heavy atom. The number of nitrogens with one attached hydrogen (secondary N) is 1. The molecule has 1 aliphatic heterocycles. The van der Waals surface area contributed by atoms with E-state index in [-0.39, 0.29) is 36.9 Å². The number of aliphatic hydroxyl groups excluding tert-OH is 1. The highest BCUT2D eigenvalue weighted by Crippen LogP contribution is 2.19. The van der Waals surface area contributed by atoms with Crippen LogP contribution in [-0.4, -0.2) is 36.4 Å². The zero-order valence-electron chi connectivity index (χ0n) is 14.4. The van der Waals surface area contributed by atoms with E-state index in [1.165, 1.54) is 6.07 Å². The van der Waals surface area contributed by atoms with Crippen molar-refractivity contribution >= 4 is 5.91 Å². The van der Waals surface area contributed by atoms with Crippen molar-refractivity contribution in [3.8, 4) is 5.75 Å². The van der Waals surface area contributed by atoms with Crippen LogP contribution in [0.3, 0.4) is 0 Å². The predicted molar refractivity (Wildman–Crippen MR) is 94.3 cm³/mol. The van der Waals surface area contributed by atoms with Crippen molar-refractivity contribution in [2.24, 2.45) is 0 Å². The minimum absolute atomic E-state index is 0.0216. The van der Waals surface area contributed by atoms with Crippen LogP contribution in [0.25, 0.3) is 0 Å². The van der Waals surface area contributed by atoms with Crippen molar-refractivity contribution in [1.29, 1.82) is 0 Å². The van der Waals surface area contributed by atoms with Crippen LogP contribution in [0, 0.1) is 5.82 Å². The second-order valence-corrected chi connectivity index (χ2v) is 6.26. The van der Waals surface area contributed by atoms with Gasteiger partial charge in [-0.1, -0.05) is 30.3 Å². The Bertz CT molecular complexity index is 735. The summed E-state index contributed by atoms with van der Waals surface area (Å²) in [6, 6.07) is 13.1. The minimum Gasteiger partial charge on any atom is -0.488 e. The van der Waals surface area contributed by atoms with E-state index in [1.54, 1.807) is 42.5 Å². The Morgan fingerprint density at radius 2 is 2.00 bits per heavy atom. The van der Waals surface area contributed by atoms with Gasteiger partial charge in [0.05, 0.1) is 32.3 Å². The molecule has 5 nitrogen and oxygen atoms in total. The molecule has 1 fully saturated rings. The lowest BCUT2D eigenvalue weighted by Gasteiger charge is -2.32. The number of benzene rings is 2. The number of ether oxygens (including phenoxy) is 2. The highest BCUT2D eigenvalue weighted by atomic mass is 19.1. The first-order valence-corrected chi connectivity index (χ1v) is 8.62. The van der Waals surface area contributed by atoms with Crippen LogP contribution in [-0.2, 0) is 22.6 Å². The van der Waals surface area contributed by atoms with Gasteiger partial charge in [0.25, 0.3) is 0 Å². The zero-order chi connectivity index (χ0) is 18.4. The van der Waals surface area contributed by atoms with E-state index >= 15 is 0 Å². The molecule has 2 atom stereocenters. The maximum Gasteiger partial charge on any atom is 0.224 e. The van der Waals surface area contributed by atoms with Gasteiger partial charge in [0.1, 0.15) is 17.7 Å². The molecular weight excluding hydrogens is 337 g/mol. The summed E-state index contributed by atoms with van der Waals surface area (Å²) < 4.78 is 25.2. The van der Waals surface area contributed by atoms with Crippen LogP contribution in [0.2, 0.25) is 0 Å². The number of carbonyl (C=O) groups excluding carboxylic acids is 1. The molecule has 1 saturated heterocycles. The third kappa shape index (κ3) is 4.80. The molecule has 0 aromatic heterocycles.